The molecule has 1 unspecified atom stereocenters. The van der Waals surface area contributed by atoms with Gasteiger partial charge in [0, 0.05) is 23.6 Å². The zero-order valence-electron chi connectivity index (χ0n) is 15.5. The largest absolute Gasteiger partial charge is 0.443 e. The van der Waals surface area contributed by atoms with Crippen LogP contribution in [0.2, 0.25) is 0 Å². The minimum atomic E-state index is -4.69. The molecule has 1 saturated carbocycles. The third kappa shape index (κ3) is 2.91. The molecule has 0 aromatic rings. The van der Waals surface area contributed by atoms with Gasteiger partial charge in [0.15, 0.2) is 11.9 Å². The van der Waals surface area contributed by atoms with Crippen molar-refractivity contribution >= 4 is 15.9 Å². The third-order valence-electron chi connectivity index (χ3n) is 6.79. The van der Waals surface area contributed by atoms with Crippen molar-refractivity contribution in [2.24, 2.45) is 17.8 Å². The minimum Gasteiger partial charge on any atom is -0.342 e. The lowest BCUT2D eigenvalue weighted by atomic mass is 9.59. The van der Waals surface area contributed by atoms with Crippen molar-refractivity contribution in [3.8, 4) is 0 Å². The maximum Gasteiger partial charge on any atom is 0.443 e. The molecule has 0 aromatic carbocycles. The van der Waals surface area contributed by atoms with E-state index < -0.39 is 41.5 Å². The minimum absolute atomic E-state index is 0.0433. The Morgan fingerprint density at radius 2 is 1.93 bits per heavy atom. The van der Waals surface area contributed by atoms with E-state index >= 15 is 0 Å². The molecule has 1 spiro atoms. The molecule has 4 aliphatic heterocycles. The second kappa shape index (κ2) is 6.80. The van der Waals surface area contributed by atoms with E-state index in [9.17, 15) is 13.2 Å². The molecule has 7 atom stereocenters. The van der Waals surface area contributed by atoms with Gasteiger partial charge in [0.1, 0.15) is 0 Å². The maximum atomic E-state index is 14.3. The first-order chi connectivity index (χ1) is 12.7. The van der Waals surface area contributed by atoms with Gasteiger partial charge in [-0.3, -0.25) is 0 Å². The van der Waals surface area contributed by atoms with Crippen LogP contribution in [0.15, 0.2) is 0 Å². The van der Waals surface area contributed by atoms with Gasteiger partial charge in [0.25, 0.3) is 5.79 Å². The summed E-state index contributed by atoms with van der Waals surface area (Å²) < 4.78 is 60.1. The van der Waals surface area contributed by atoms with Crippen molar-refractivity contribution in [3.05, 3.63) is 0 Å². The lowest BCUT2D eigenvalue weighted by Crippen LogP contribution is -2.75. The van der Waals surface area contributed by atoms with Crippen LogP contribution in [-0.4, -0.2) is 41.6 Å². The Hall–Kier alpha value is 0.0700. The van der Waals surface area contributed by atoms with Crippen molar-refractivity contribution in [3.63, 3.8) is 0 Å². The van der Waals surface area contributed by atoms with Crippen LogP contribution in [0.1, 0.15) is 52.4 Å². The smallest absolute Gasteiger partial charge is 0.342 e. The van der Waals surface area contributed by atoms with E-state index in [2.05, 4.69) is 15.9 Å². The van der Waals surface area contributed by atoms with Gasteiger partial charge in [-0.25, -0.2) is 9.78 Å². The molecule has 5 nitrogen and oxygen atoms in total. The Morgan fingerprint density at radius 3 is 2.63 bits per heavy atom. The van der Waals surface area contributed by atoms with Crippen LogP contribution < -0.4 is 0 Å². The van der Waals surface area contributed by atoms with Crippen LogP contribution in [0.25, 0.3) is 0 Å². The van der Waals surface area contributed by atoms with Crippen LogP contribution >= 0.6 is 15.9 Å². The molecule has 0 N–H and O–H groups in total. The molecule has 1 aliphatic carbocycles. The third-order valence-corrected chi connectivity index (χ3v) is 7.35. The summed E-state index contributed by atoms with van der Waals surface area (Å²) in [6.45, 7) is 3.19. The molecule has 4 saturated heterocycles. The molecule has 4 heterocycles. The van der Waals surface area contributed by atoms with Crippen molar-refractivity contribution in [2.45, 2.75) is 82.0 Å². The number of rotatable bonds is 4. The molecule has 2 bridgehead atoms. The van der Waals surface area contributed by atoms with Crippen molar-refractivity contribution in [1.29, 1.82) is 0 Å². The summed E-state index contributed by atoms with van der Waals surface area (Å²) >= 11 is 3.24. The second-order valence-corrected chi connectivity index (χ2v) is 9.13. The molecule has 27 heavy (non-hydrogen) atoms. The SMILES string of the molecule is C[C@@H]1[C@@H]2CCCC3CC[C@]4(C)OO[C@]32[C@@H](O4)O[C@@]1(OCCCBr)C(F)(F)F. The van der Waals surface area contributed by atoms with Gasteiger partial charge in [-0.1, -0.05) is 29.3 Å². The molecule has 156 valence electrons. The molecule has 5 aliphatic rings. The first-order valence-corrected chi connectivity index (χ1v) is 10.8. The van der Waals surface area contributed by atoms with E-state index in [-0.39, 0.29) is 12.5 Å². The Morgan fingerprint density at radius 1 is 1.15 bits per heavy atom. The van der Waals surface area contributed by atoms with Gasteiger partial charge in [-0.05, 0) is 38.5 Å². The number of fused-ring (bicyclic) bond motifs is 2. The van der Waals surface area contributed by atoms with E-state index in [1.54, 1.807) is 13.8 Å². The van der Waals surface area contributed by atoms with E-state index in [0.29, 0.717) is 24.6 Å². The second-order valence-electron chi connectivity index (χ2n) is 8.34. The normalized spacial score (nSPS) is 49.6. The summed E-state index contributed by atoms with van der Waals surface area (Å²) in [7, 11) is 0. The summed E-state index contributed by atoms with van der Waals surface area (Å²) in [4.78, 5) is 11.4. The van der Waals surface area contributed by atoms with Crippen LogP contribution in [-0.2, 0) is 24.0 Å². The van der Waals surface area contributed by atoms with Gasteiger partial charge in [-0.2, -0.15) is 13.2 Å². The number of hydrogen-bond donors (Lipinski definition) is 0. The lowest BCUT2D eigenvalue weighted by molar-refractivity contribution is -0.597. The van der Waals surface area contributed by atoms with Crippen LogP contribution in [0.3, 0.4) is 0 Å². The molecular formula is C18H26BrF3O5. The Labute approximate surface area is 165 Å². The Kier molecular flexibility index (Phi) is 5.13. The average molecular weight is 459 g/mol. The zero-order valence-corrected chi connectivity index (χ0v) is 17.1. The first-order valence-electron chi connectivity index (χ1n) is 9.68. The van der Waals surface area contributed by atoms with Crippen molar-refractivity contribution in [1.82, 2.24) is 0 Å². The van der Waals surface area contributed by atoms with Crippen LogP contribution in [0, 0.1) is 17.8 Å². The highest BCUT2D eigenvalue weighted by molar-refractivity contribution is 9.09. The number of ether oxygens (including phenoxy) is 3. The molecule has 0 radical (unpaired) electrons. The Balaban J connectivity index is 1.76. The quantitative estimate of drug-likeness (QED) is 0.347. The maximum absolute atomic E-state index is 14.3. The first kappa shape index (κ1) is 20.3. The highest BCUT2D eigenvalue weighted by Crippen LogP contribution is 2.63. The van der Waals surface area contributed by atoms with Gasteiger partial charge in [0.05, 0.1) is 6.61 Å². The molecule has 5 rings (SSSR count). The zero-order chi connectivity index (χ0) is 19.5. The Bertz CT molecular complexity index is 578. The van der Waals surface area contributed by atoms with Gasteiger partial charge in [0.2, 0.25) is 5.79 Å². The van der Waals surface area contributed by atoms with E-state index in [1.807, 2.05) is 0 Å². The predicted octanol–water partition coefficient (Wildman–Crippen LogP) is 4.68. The van der Waals surface area contributed by atoms with Gasteiger partial charge < -0.3 is 14.2 Å². The van der Waals surface area contributed by atoms with Gasteiger partial charge >= 0.3 is 6.18 Å². The number of hydrogen-bond acceptors (Lipinski definition) is 5. The highest BCUT2D eigenvalue weighted by Gasteiger charge is 2.76. The summed E-state index contributed by atoms with van der Waals surface area (Å²) in [5.41, 5.74) is -1.01. The van der Waals surface area contributed by atoms with Crippen LogP contribution in [0.5, 0.6) is 0 Å². The molecular weight excluding hydrogens is 433 g/mol. The molecule has 5 fully saturated rings. The fourth-order valence-electron chi connectivity index (χ4n) is 5.42. The van der Waals surface area contributed by atoms with E-state index in [1.165, 1.54) is 0 Å². The summed E-state index contributed by atoms with van der Waals surface area (Å²) in [5.74, 6) is -5.14. The summed E-state index contributed by atoms with van der Waals surface area (Å²) in [5, 5.41) is 0.555. The lowest BCUT2D eigenvalue weighted by Gasteiger charge is -2.62. The molecule has 0 aromatic heterocycles. The van der Waals surface area contributed by atoms with Gasteiger partial charge in [-0.15, -0.1) is 0 Å². The average Bonchev–Trinajstić information content (AvgIpc) is 2.83. The standard InChI is InChI=1S/C18H26BrF3O5/c1-11-13-6-3-5-12-7-8-15(2)24-14(16(12,13)27-26-15)25-17(11,18(20,21)22)23-10-4-9-19/h11-14H,3-10H2,1-2H3/t11-,12?,13+,14+,15+,16-,17-/m1/s1. The summed E-state index contributed by atoms with van der Waals surface area (Å²) in [6, 6.07) is 0. The molecule has 9 heteroatoms. The van der Waals surface area contributed by atoms with E-state index in [0.717, 1.165) is 19.3 Å². The monoisotopic (exact) mass is 458 g/mol. The van der Waals surface area contributed by atoms with Crippen LogP contribution in [0.4, 0.5) is 13.2 Å². The highest BCUT2D eigenvalue weighted by atomic mass is 79.9. The van der Waals surface area contributed by atoms with Crippen molar-refractivity contribution < 1.29 is 37.2 Å². The van der Waals surface area contributed by atoms with Crippen molar-refractivity contribution in [2.75, 3.05) is 11.9 Å². The number of alkyl halides is 4. The topological polar surface area (TPSA) is 46.2 Å². The summed E-state index contributed by atoms with van der Waals surface area (Å²) in [6.07, 6.45) is -1.75. The van der Waals surface area contributed by atoms with E-state index in [4.69, 9.17) is 24.0 Å². The molecule has 0 amide bonds. The predicted molar refractivity (Wildman–Crippen MR) is 91.6 cm³/mol. The fraction of sp³-hybridized carbons (Fsp3) is 1.00. The fourth-order valence-corrected chi connectivity index (χ4v) is 5.65. The number of halogens is 4.